The van der Waals surface area contributed by atoms with Crippen molar-refractivity contribution in [3.8, 4) is 5.75 Å². The van der Waals surface area contributed by atoms with Gasteiger partial charge in [-0.3, -0.25) is 14.5 Å². The van der Waals surface area contributed by atoms with E-state index in [1.54, 1.807) is 24.3 Å². The van der Waals surface area contributed by atoms with Crippen LogP contribution in [0.5, 0.6) is 5.75 Å². The van der Waals surface area contributed by atoms with E-state index in [2.05, 4.69) is 14.8 Å². The second-order valence-corrected chi connectivity index (χ2v) is 14.2. The molecule has 6 nitrogen and oxygen atoms in total. The van der Waals surface area contributed by atoms with E-state index >= 15 is 0 Å². The van der Waals surface area contributed by atoms with E-state index in [1.165, 1.54) is 12.8 Å². The fourth-order valence-corrected chi connectivity index (χ4v) is 7.85. The number of fused-ring (bicyclic) bond motifs is 3. The number of Topliss-reactive ketones (excluding diaryl/α,β-unsaturated/α-hetero) is 1. The van der Waals surface area contributed by atoms with Crippen molar-refractivity contribution in [3.63, 3.8) is 0 Å². The summed E-state index contributed by atoms with van der Waals surface area (Å²) in [6.45, 7) is 6.11. The highest BCUT2D eigenvalue weighted by atomic mass is 35.5. The Kier molecular flexibility index (Phi) is 10.3. The van der Waals surface area contributed by atoms with E-state index in [0.717, 1.165) is 54.6 Å². The predicted octanol–water partition coefficient (Wildman–Crippen LogP) is 9.22. The number of hydrogen-bond donors (Lipinski definition) is 1. The Balaban J connectivity index is 1.12. The van der Waals surface area contributed by atoms with Gasteiger partial charge < -0.3 is 14.6 Å². The molecule has 1 unspecified atom stereocenters. The van der Waals surface area contributed by atoms with E-state index < -0.39 is 0 Å². The molecule has 2 aliphatic heterocycles. The van der Waals surface area contributed by atoms with Crippen molar-refractivity contribution >= 4 is 57.4 Å². The molecular formula is C37H40Cl3N3O3. The summed E-state index contributed by atoms with van der Waals surface area (Å²) in [6, 6.07) is 19.6. The number of nitrogens with one attached hydrogen (secondary N) is 1. The van der Waals surface area contributed by atoms with Crippen molar-refractivity contribution in [2.75, 3.05) is 6.54 Å². The van der Waals surface area contributed by atoms with Crippen molar-refractivity contribution in [1.82, 2.24) is 14.8 Å². The summed E-state index contributed by atoms with van der Waals surface area (Å²) < 4.78 is 8.39. The fraction of sp³-hybridized carbons (Fsp3) is 0.405. The molecule has 6 rings (SSSR count). The number of aryl methyl sites for hydroxylation is 1. The average molecular weight is 681 g/mol. The van der Waals surface area contributed by atoms with Gasteiger partial charge in [-0.1, -0.05) is 65.1 Å². The molecule has 3 aromatic carbocycles. The molecule has 0 radical (unpaired) electrons. The first-order valence-corrected chi connectivity index (χ1v) is 17.3. The number of nitrogens with zero attached hydrogens (tertiary/aromatic N) is 2. The zero-order chi connectivity index (χ0) is 32.4. The van der Waals surface area contributed by atoms with Gasteiger partial charge in [0, 0.05) is 60.3 Å². The number of piperidine rings is 1. The first-order valence-electron chi connectivity index (χ1n) is 16.2. The molecule has 2 aliphatic rings. The van der Waals surface area contributed by atoms with Crippen LogP contribution in [0.15, 0.2) is 66.9 Å². The Morgan fingerprint density at radius 1 is 0.935 bits per heavy atom. The van der Waals surface area contributed by atoms with Crippen molar-refractivity contribution in [2.24, 2.45) is 5.92 Å². The maximum absolute atomic E-state index is 13.5. The number of halogens is 3. The maximum Gasteiger partial charge on any atom is 0.253 e. The summed E-state index contributed by atoms with van der Waals surface area (Å²) in [5.74, 6) is 1.23. The number of para-hydroxylation sites is 1. The third kappa shape index (κ3) is 7.41. The molecule has 2 fully saturated rings. The monoisotopic (exact) mass is 679 g/mol. The van der Waals surface area contributed by atoms with E-state index in [0.29, 0.717) is 57.2 Å². The van der Waals surface area contributed by atoms with Gasteiger partial charge in [-0.05, 0) is 87.8 Å². The molecule has 4 aromatic rings. The molecule has 1 amide bonds. The van der Waals surface area contributed by atoms with Crippen LogP contribution in [0, 0.1) is 5.92 Å². The van der Waals surface area contributed by atoms with Crippen molar-refractivity contribution in [3.05, 3.63) is 98.6 Å². The number of hydrogen-bond acceptors (Lipinski definition) is 4. The Labute approximate surface area is 285 Å². The molecule has 2 saturated heterocycles. The minimum atomic E-state index is -0.149. The Bertz CT molecular complexity index is 1720. The summed E-state index contributed by atoms with van der Waals surface area (Å²) in [6.07, 6.45) is 8.00. The zero-order valence-corrected chi connectivity index (χ0v) is 28.5. The van der Waals surface area contributed by atoms with E-state index in [4.69, 9.17) is 39.5 Å². The Morgan fingerprint density at radius 3 is 2.41 bits per heavy atom. The number of amides is 1. The lowest BCUT2D eigenvalue weighted by atomic mass is 9.85. The van der Waals surface area contributed by atoms with Gasteiger partial charge in [0.1, 0.15) is 5.75 Å². The smallest absolute Gasteiger partial charge is 0.253 e. The van der Waals surface area contributed by atoms with Gasteiger partial charge in [0.15, 0.2) is 5.78 Å². The van der Waals surface area contributed by atoms with Gasteiger partial charge in [0.05, 0.1) is 27.2 Å². The van der Waals surface area contributed by atoms with Gasteiger partial charge in [0.2, 0.25) is 0 Å². The van der Waals surface area contributed by atoms with Crippen LogP contribution in [-0.4, -0.2) is 45.9 Å². The van der Waals surface area contributed by atoms with Crippen LogP contribution in [0.3, 0.4) is 0 Å². The highest BCUT2D eigenvalue weighted by molar-refractivity contribution is 6.42. The van der Waals surface area contributed by atoms with Crippen LogP contribution in [0.2, 0.25) is 15.1 Å². The summed E-state index contributed by atoms with van der Waals surface area (Å²) in [4.78, 5) is 29.1. The van der Waals surface area contributed by atoms with E-state index in [-0.39, 0.29) is 17.8 Å². The molecule has 0 aliphatic carbocycles. The van der Waals surface area contributed by atoms with Crippen LogP contribution in [0.4, 0.5) is 0 Å². The van der Waals surface area contributed by atoms with E-state index in [1.807, 2.05) is 56.4 Å². The summed E-state index contributed by atoms with van der Waals surface area (Å²) in [7, 11) is 0. The number of carbonyl (C=O) groups is 2. The number of carbonyl (C=O) groups excluding carboxylic acids is 2. The van der Waals surface area contributed by atoms with Gasteiger partial charge in [-0.25, -0.2) is 0 Å². The lowest BCUT2D eigenvalue weighted by Crippen LogP contribution is -2.43. The van der Waals surface area contributed by atoms with Crippen LogP contribution in [0.25, 0.3) is 10.9 Å². The summed E-state index contributed by atoms with van der Waals surface area (Å²) in [5.41, 5.74) is 3.15. The van der Waals surface area contributed by atoms with Gasteiger partial charge in [0.25, 0.3) is 5.91 Å². The quantitative estimate of drug-likeness (QED) is 0.152. The fourth-order valence-electron chi connectivity index (χ4n) is 7.34. The van der Waals surface area contributed by atoms with Crippen LogP contribution in [0.1, 0.15) is 78.7 Å². The van der Waals surface area contributed by atoms with Crippen molar-refractivity contribution in [2.45, 2.75) is 83.6 Å². The number of ether oxygens (including phenoxy) is 1. The number of ketones is 1. The highest BCUT2D eigenvalue weighted by Gasteiger charge is 2.40. The average Bonchev–Trinajstić information content (AvgIpc) is 3.51. The van der Waals surface area contributed by atoms with E-state index in [9.17, 15) is 9.59 Å². The normalized spacial score (nSPS) is 19.6. The molecule has 0 saturated carbocycles. The summed E-state index contributed by atoms with van der Waals surface area (Å²) >= 11 is 18.4. The highest BCUT2D eigenvalue weighted by Crippen LogP contribution is 2.40. The predicted molar refractivity (Wildman–Crippen MR) is 187 cm³/mol. The van der Waals surface area contributed by atoms with Gasteiger partial charge >= 0.3 is 0 Å². The van der Waals surface area contributed by atoms with Crippen LogP contribution in [-0.2, 0) is 13.1 Å². The minimum Gasteiger partial charge on any atom is -0.489 e. The lowest BCUT2D eigenvalue weighted by molar-refractivity contribution is 0.0807. The molecule has 0 spiro atoms. The molecule has 3 heterocycles. The minimum absolute atomic E-state index is 0.00330. The number of rotatable bonds is 12. The first-order chi connectivity index (χ1) is 22.2. The standard InChI is InChI=1S/C37H40Cl3N3O3/c1-23(2)46-35-9-4-8-30-31(37(45)41-21-24-10-13-32(39)33(40)18-24)22-42(36(30)35)14-5-15-43-28-11-12-29(43)17-25(16-28)19-34(44)26-6-3-7-27(38)20-26/h3-4,6-10,13,18,20,22-23,25,28-29H,5,11-12,14-17,19,21H2,1-2H3,(H,41,45)/t25?,28-,29+. The molecule has 2 bridgehead atoms. The number of aromatic nitrogens is 1. The van der Waals surface area contributed by atoms with Crippen molar-refractivity contribution in [1.29, 1.82) is 0 Å². The number of benzene rings is 3. The molecule has 1 N–H and O–H groups in total. The second-order valence-electron chi connectivity index (χ2n) is 12.9. The Hall–Kier alpha value is -3.03. The van der Waals surface area contributed by atoms with Crippen LogP contribution < -0.4 is 10.1 Å². The van der Waals surface area contributed by atoms with Gasteiger partial charge in [-0.2, -0.15) is 0 Å². The second kappa shape index (κ2) is 14.4. The first kappa shape index (κ1) is 32.9. The van der Waals surface area contributed by atoms with Crippen molar-refractivity contribution < 1.29 is 14.3 Å². The van der Waals surface area contributed by atoms with Crippen LogP contribution >= 0.6 is 34.8 Å². The topological polar surface area (TPSA) is 63.6 Å². The SMILES string of the molecule is CC(C)Oc1cccc2c(C(=O)NCc3ccc(Cl)c(Cl)c3)cn(CCCN3[C@@H]4CC[C@H]3CC(CC(=O)c3cccc(Cl)c3)C4)c12. The zero-order valence-electron chi connectivity index (χ0n) is 26.3. The molecule has 46 heavy (non-hydrogen) atoms. The summed E-state index contributed by atoms with van der Waals surface area (Å²) in [5, 5.41) is 5.48. The third-order valence-corrected chi connectivity index (χ3v) is 10.3. The molecule has 242 valence electrons. The molecule has 3 atom stereocenters. The Morgan fingerprint density at radius 2 is 1.70 bits per heavy atom. The molecule has 1 aromatic heterocycles. The molecule has 9 heteroatoms. The lowest BCUT2D eigenvalue weighted by Gasteiger charge is -2.39. The maximum atomic E-state index is 13.5. The van der Waals surface area contributed by atoms with Gasteiger partial charge in [-0.15, -0.1) is 0 Å². The third-order valence-electron chi connectivity index (χ3n) is 9.32. The molecular weight excluding hydrogens is 641 g/mol. The largest absolute Gasteiger partial charge is 0.489 e.